The average molecular weight is 411 g/mol. The SMILES string of the molecule is CC(C)(C)OC(=O)N1CCN(C[C@H]2OCCc3c(Br)cccc32)CC1. The lowest BCUT2D eigenvalue weighted by Crippen LogP contribution is -2.51. The van der Waals surface area contributed by atoms with Crippen LogP contribution < -0.4 is 0 Å². The summed E-state index contributed by atoms with van der Waals surface area (Å²) in [6.45, 7) is 10.4. The number of fused-ring (bicyclic) bond motifs is 1. The number of carbonyl (C=O) groups is 1. The number of hydrogen-bond donors (Lipinski definition) is 0. The topological polar surface area (TPSA) is 42.0 Å². The fourth-order valence-electron chi connectivity index (χ4n) is 3.36. The highest BCUT2D eigenvalue weighted by atomic mass is 79.9. The van der Waals surface area contributed by atoms with E-state index in [2.05, 4.69) is 39.0 Å². The van der Waals surface area contributed by atoms with Gasteiger partial charge in [-0.25, -0.2) is 4.79 Å². The van der Waals surface area contributed by atoms with E-state index in [1.807, 2.05) is 20.8 Å². The molecule has 138 valence electrons. The van der Waals surface area contributed by atoms with Gasteiger partial charge in [0.15, 0.2) is 0 Å². The summed E-state index contributed by atoms with van der Waals surface area (Å²) in [7, 11) is 0. The summed E-state index contributed by atoms with van der Waals surface area (Å²) in [5.41, 5.74) is 2.21. The maximum absolute atomic E-state index is 12.2. The molecule has 1 aromatic carbocycles. The second kappa shape index (κ2) is 7.64. The van der Waals surface area contributed by atoms with Gasteiger partial charge in [0.1, 0.15) is 5.60 Å². The molecule has 2 heterocycles. The maximum Gasteiger partial charge on any atom is 0.410 e. The Morgan fingerprint density at radius 3 is 2.68 bits per heavy atom. The Labute approximate surface area is 158 Å². The molecule has 5 nitrogen and oxygen atoms in total. The quantitative estimate of drug-likeness (QED) is 0.746. The molecule has 0 N–H and O–H groups in total. The van der Waals surface area contributed by atoms with Crippen LogP contribution in [0.15, 0.2) is 22.7 Å². The van der Waals surface area contributed by atoms with E-state index in [9.17, 15) is 4.79 Å². The number of hydrogen-bond acceptors (Lipinski definition) is 4. The summed E-state index contributed by atoms with van der Waals surface area (Å²) < 4.78 is 12.7. The molecule has 6 heteroatoms. The van der Waals surface area contributed by atoms with E-state index in [1.54, 1.807) is 4.90 Å². The first-order valence-electron chi connectivity index (χ1n) is 8.92. The van der Waals surface area contributed by atoms with Gasteiger partial charge in [-0.15, -0.1) is 0 Å². The van der Waals surface area contributed by atoms with Crippen molar-refractivity contribution >= 4 is 22.0 Å². The molecule has 1 atom stereocenters. The fraction of sp³-hybridized carbons (Fsp3) is 0.632. The van der Waals surface area contributed by atoms with E-state index < -0.39 is 5.60 Å². The van der Waals surface area contributed by atoms with Gasteiger partial charge in [0.05, 0.1) is 12.7 Å². The number of nitrogens with zero attached hydrogens (tertiary/aromatic N) is 2. The van der Waals surface area contributed by atoms with Crippen LogP contribution >= 0.6 is 15.9 Å². The third-order valence-corrected chi connectivity index (χ3v) is 5.36. The van der Waals surface area contributed by atoms with Gasteiger partial charge in [-0.3, -0.25) is 4.90 Å². The van der Waals surface area contributed by atoms with Gasteiger partial charge in [0, 0.05) is 37.2 Å². The molecule has 0 bridgehead atoms. The predicted molar refractivity (Wildman–Crippen MR) is 101 cm³/mol. The first-order valence-corrected chi connectivity index (χ1v) is 9.72. The zero-order valence-electron chi connectivity index (χ0n) is 15.3. The second-order valence-corrected chi connectivity index (χ2v) is 8.54. The summed E-state index contributed by atoms with van der Waals surface area (Å²) in [5, 5.41) is 0. The van der Waals surface area contributed by atoms with Crippen molar-refractivity contribution in [3.8, 4) is 0 Å². The summed E-state index contributed by atoms with van der Waals surface area (Å²) in [6, 6.07) is 6.34. The van der Waals surface area contributed by atoms with Crippen LogP contribution in [-0.2, 0) is 15.9 Å². The second-order valence-electron chi connectivity index (χ2n) is 7.69. The van der Waals surface area contributed by atoms with Crippen molar-refractivity contribution in [1.82, 2.24) is 9.80 Å². The molecule has 0 spiro atoms. The molecule has 2 aliphatic heterocycles. The molecule has 1 aromatic rings. The smallest absolute Gasteiger partial charge is 0.410 e. The lowest BCUT2D eigenvalue weighted by Gasteiger charge is -2.38. The number of benzene rings is 1. The Balaban J connectivity index is 1.55. The molecule has 25 heavy (non-hydrogen) atoms. The van der Waals surface area contributed by atoms with Crippen LogP contribution in [0.5, 0.6) is 0 Å². The van der Waals surface area contributed by atoms with Gasteiger partial charge >= 0.3 is 6.09 Å². The highest BCUT2D eigenvalue weighted by Gasteiger charge is 2.29. The largest absolute Gasteiger partial charge is 0.444 e. The predicted octanol–water partition coefficient (Wildman–Crippen LogP) is 3.62. The van der Waals surface area contributed by atoms with E-state index >= 15 is 0 Å². The molecule has 0 unspecified atom stereocenters. The average Bonchev–Trinajstić information content (AvgIpc) is 2.55. The van der Waals surface area contributed by atoms with Gasteiger partial charge in [-0.2, -0.15) is 0 Å². The van der Waals surface area contributed by atoms with Crippen LogP contribution in [-0.4, -0.2) is 60.8 Å². The molecule has 3 rings (SSSR count). The minimum absolute atomic E-state index is 0.106. The molecule has 1 amide bonds. The van der Waals surface area contributed by atoms with Crippen molar-refractivity contribution in [3.05, 3.63) is 33.8 Å². The Hall–Kier alpha value is -1.11. The number of halogens is 1. The number of amides is 1. The van der Waals surface area contributed by atoms with E-state index in [0.29, 0.717) is 13.1 Å². The zero-order valence-corrected chi connectivity index (χ0v) is 16.8. The van der Waals surface area contributed by atoms with E-state index in [4.69, 9.17) is 9.47 Å². The third kappa shape index (κ3) is 4.74. The molecule has 2 aliphatic rings. The first-order chi connectivity index (χ1) is 11.8. The number of carbonyl (C=O) groups excluding carboxylic acids is 1. The van der Waals surface area contributed by atoms with Gasteiger partial charge in [-0.05, 0) is 44.4 Å². The van der Waals surface area contributed by atoms with Crippen LogP contribution in [0.1, 0.15) is 38.0 Å². The Morgan fingerprint density at radius 2 is 2.00 bits per heavy atom. The summed E-state index contributed by atoms with van der Waals surface area (Å²) in [5.74, 6) is 0. The van der Waals surface area contributed by atoms with Crippen LogP contribution in [0.3, 0.4) is 0 Å². The molecule has 0 radical (unpaired) electrons. The van der Waals surface area contributed by atoms with Gasteiger partial charge in [0.25, 0.3) is 0 Å². The van der Waals surface area contributed by atoms with Crippen LogP contribution in [0.4, 0.5) is 4.79 Å². The lowest BCUT2D eigenvalue weighted by atomic mass is 9.97. The standard InChI is InChI=1S/C19H27BrN2O3/c1-19(2,3)25-18(23)22-10-8-21(9-11-22)13-17-15-5-4-6-16(20)14(15)7-12-24-17/h4-6,17H,7-13H2,1-3H3/t17-/m1/s1. The molecule has 0 aliphatic carbocycles. The number of piperazine rings is 1. The molecular weight excluding hydrogens is 384 g/mol. The molecule has 0 saturated carbocycles. The Morgan fingerprint density at radius 1 is 1.28 bits per heavy atom. The van der Waals surface area contributed by atoms with E-state index in [0.717, 1.165) is 32.7 Å². The molecular formula is C19H27BrN2O3. The van der Waals surface area contributed by atoms with Gasteiger partial charge in [0.2, 0.25) is 0 Å². The molecule has 1 saturated heterocycles. The van der Waals surface area contributed by atoms with E-state index in [1.165, 1.54) is 15.6 Å². The molecule has 1 fully saturated rings. The maximum atomic E-state index is 12.2. The minimum Gasteiger partial charge on any atom is -0.444 e. The van der Waals surface area contributed by atoms with Crippen molar-refractivity contribution in [2.45, 2.75) is 38.9 Å². The van der Waals surface area contributed by atoms with Crippen molar-refractivity contribution in [1.29, 1.82) is 0 Å². The van der Waals surface area contributed by atoms with Crippen LogP contribution in [0, 0.1) is 0 Å². The minimum atomic E-state index is -0.443. The summed E-state index contributed by atoms with van der Waals surface area (Å²) >= 11 is 3.66. The van der Waals surface area contributed by atoms with Crippen molar-refractivity contribution in [3.63, 3.8) is 0 Å². The Bertz CT molecular complexity index is 622. The van der Waals surface area contributed by atoms with Gasteiger partial charge in [-0.1, -0.05) is 28.1 Å². The monoisotopic (exact) mass is 410 g/mol. The van der Waals surface area contributed by atoms with Gasteiger partial charge < -0.3 is 14.4 Å². The van der Waals surface area contributed by atoms with Crippen molar-refractivity contribution in [2.24, 2.45) is 0 Å². The lowest BCUT2D eigenvalue weighted by molar-refractivity contribution is -0.00658. The fourth-order valence-corrected chi connectivity index (χ4v) is 3.94. The number of ether oxygens (including phenoxy) is 2. The summed E-state index contributed by atoms with van der Waals surface area (Å²) in [4.78, 5) is 16.3. The van der Waals surface area contributed by atoms with Crippen molar-refractivity contribution < 1.29 is 14.3 Å². The summed E-state index contributed by atoms with van der Waals surface area (Å²) in [6.07, 6.45) is 0.851. The van der Waals surface area contributed by atoms with Crippen molar-refractivity contribution in [2.75, 3.05) is 39.3 Å². The zero-order chi connectivity index (χ0) is 18.0. The normalized spacial score (nSPS) is 21.8. The molecule has 0 aromatic heterocycles. The van der Waals surface area contributed by atoms with Crippen LogP contribution in [0.25, 0.3) is 0 Å². The third-order valence-electron chi connectivity index (χ3n) is 4.62. The van der Waals surface area contributed by atoms with Crippen LogP contribution in [0.2, 0.25) is 0 Å². The number of rotatable bonds is 2. The first kappa shape index (κ1) is 18.7. The highest BCUT2D eigenvalue weighted by Crippen LogP contribution is 2.32. The Kier molecular flexibility index (Phi) is 5.71. The highest BCUT2D eigenvalue weighted by molar-refractivity contribution is 9.10. The van der Waals surface area contributed by atoms with E-state index in [-0.39, 0.29) is 12.2 Å².